The van der Waals surface area contributed by atoms with E-state index < -0.39 is 0 Å². The van der Waals surface area contributed by atoms with Gasteiger partial charge in [0.2, 0.25) is 0 Å². The fraction of sp³-hybridized carbons (Fsp3) is 0.500. The first kappa shape index (κ1) is 12.2. The van der Waals surface area contributed by atoms with Crippen LogP contribution in [-0.4, -0.2) is 34.2 Å². The summed E-state index contributed by atoms with van der Waals surface area (Å²) in [5.41, 5.74) is 7.48. The molecule has 0 saturated carbocycles. The fourth-order valence-electron chi connectivity index (χ4n) is 2.42. The van der Waals surface area contributed by atoms with E-state index in [9.17, 15) is 0 Å². The van der Waals surface area contributed by atoms with Crippen molar-refractivity contribution in [2.45, 2.75) is 25.0 Å². The predicted molar refractivity (Wildman–Crippen MR) is 78.3 cm³/mol. The summed E-state index contributed by atoms with van der Waals surface area (Å²) in [6, 6.07) is 0. The van der Waals surface area contributed by atoms with E-state index in [2.05, 4.69) is 21.8 Å². The third kappa shape index (κ3) is 1.88. The van der Waals surface area contributed by atoms with Gasteiger partial charge in [-0.25, -0.2) is 9.97 Å². The number of likely N-dealkylation sites (N-methyl/N-ethyl adjacent to an activating group) is 1. The van der Waals surface area contributed by atoms with Gasteiger partial charge in [-0.15, -0.1) is 11.3 Å². The van der Waals surface area contributed by atoms with Gasteiger partial charge in [0.25, 0.3) is 0 Å². The van der Waals surface area contributed by atoms with Crippen molar-refractivity contribution < 1.29 is 0 Å². The number of nitrogens with zero attached hydrogens (tertiary/aromatic N) is 3. The van der Waals surface area contributed by atoms with E-state index in [4.69, 9.17) is 5.73 Å². The summed E-state index contributed by atoms with van der Waals surface area (Å²) in [5, 5.41) is 1.87. The van der Waals surface area contributed by atoms with E-state index in [0.29, 0.717) is 5.82 Å². The number of nitrogen functional groups attached to an aromatic ring is 1. The van der Waals surface area contributed by atoms with Crippen LogP contribution in [-0.2, 0) is 13.0 Å². The molecule has 0 atom stereocenters. The molecular weight excluding hydrogens is 264 g/mol. The Bertz CT molecular complexity index is 593. The molecule has 1 aliphatic rings. The second-order valence-electron chi connectivity index (χ2n) is 4.40. The van der Waals surface area contributed by atoms with E-state index in [-0.39, 0.29) is 0 Å². The van der Waals surface area contributed by atoms with Crippen LogP contribution in [0.5, 0.6) is 0 Å². The minimum absolute atomic E-state index is 0.645. The number of thiophene rings is 1. The van der Waals surface area contributed by atoms with E-state index >= 15 is 0 Å². The van der Waals surface area contributed by atoms with Gasteiger partial charge in [0.1, 0.15) is 10.6 Å². The topological polar surface area (TPSA) is 55.0 Å². The largest absolute Gasteiger partial charge is 0.383 e. The number of hydrogen-bond donors (Lipinski definition) is 1. The molecule has 0 radical (unpaired) electrons. The second kappa shape index (κ2) is 4.68. The molecular formula is C12H16N4S2. The van der Waals surface area contributed by atoms with Crippen molar-refractivity contribution in [2.75, 3.05) is 25.1 Å². The lowest BCUT2D eigenvalue weighted by atomic mass is 10.1. The SMILES string of the molecule is CCN1CCc2c(sc3nc(SC)nc(N)c23)C1. The van der Waals surface area contributed by atoms with Crippen molar-refractivity contribution in [1.29, 1.82) is 0 Å². The molecule has 0 bridgehead atoms. The van der Waals surface area contributed by atoms with Crippen LogP contribution in [0.4, 0.5) is 5.82 Å². The van der Waals surface area contributed by atoms with Gasteiger partial charge in [0, 0.05) is 18.0 Å². The van der Waals surface area contributed by atoms with E-state index in [1.807, 2.05) is 6.26 Å². The molecule has 2 aromatic rings. The minimum Gasteiger partial charge on any atom is -0.383 e. The Hall–Kier alpha value is -0.850. The molecule has 2 N–H and O–H groups in total. The summed E-state index contributed by atoms with van der Waals surface area (Å²) < 4.78 is 0. The van der Waals surface area contributed by atoms with Crippen molar-refractivity contribution in [1.82, 2.24) is 14.9 Å². The lowest BCUT2D eigenvalue weighted by Gasteiger charge is -2.25. The zero-order chi connectivity index (χ0) is 12.7. The van der Waals surface area contributed by atoms with Crippen molar-refractivity contribution in [2.24, 2.45) is 0 Å². The smallest absolute Gasteiger partial charge is 0.190 e. The van der Waals surface area contributed by atoms with E-state index in [1.54, 1.807) is 23.1 Å². The molecule has 18 heavy (non-hydrogen) atoms. The average Bonchev–Trinajstić information content (AvgIpc) is 2.75. The van der Waals surface area contributed by atoms with Gasteiger partial charge in [-0.1, -0.05) is 18.7 Å². The zero-order valence-corrected chi connectivity index (χ0v) is 12.2. The molecule has 3 heterocycles. The van der Waals surface area contributed by atoms with Gasteiger partial charge < -0.3 is 5.73 Å². The summed E-state index contributed by atoms with van der Waals surface area (Å²) in [6.45, 7) is 5.45. The normalized spacial score (nSPS) is 16.1. The van der Waals surface area contributed by atoms with Crippen LogP contribution in [0, 0.1) is 0 Å². The molecule has 4 nitrogen and oxygen atoms in total. The lowest BCUT2D eigenvalue weighted by Crippen LogP contribution is -2.29. The van der Waals surface area contributed by atoms with Crippen molar-refractivity contribution in [3.05, 3.63) is 10.4 Å². The molecule has 2 aromatic heterocycles. The highest BCUT2D eigenvalue weighted by Gasteiger charge is 2.22. The summed E-state index contributed by atoms with van der Waals surface area (Å²) in [5.74, 6) is 0.645. The maximum Gasteiger partial charge on any atom is 0.190 e. The highest BCUT2D eigenvalue weighted by atomic mass is 32.2. The van der Waals surface area contributed by atoms with Crippen LogP contribution in [0.15, 0.2) is 5.16 Å². The molecule has 0 amide bonds. The van der Waals surface area contributed by atoms with E-state index in [1.165, 1.54) is 10.4 Å². The first-order valence-electron chi connectivity index (χ1n) is 6.07. The molecule has 0 aliphatic carbocycles. The molecule has 0 spiro atoms. The molecule has 0 unspecified atom stereocenters. The molecule has 3 rings (SSSR count). The van der Waals surface area contributed by atoms with Crippen LogP contribution >= 0.6 is 23.1 Å². The van der Waals surface area contributed by atoms with Crippen molar-refractivity contribution in [3.63, 3.8) is 0 Å². The van der Waals surface area contributed by atoms with Crippen LogP contribution in [0.25, 0.3) is 10.2 Å². The molecule has 0 aromatic carbocycles. The summed E-state index contributed by atoms with van der Waals surface area (Å²) >= 11 is 3.32. The monoisotopic (exact) mass is 280 g/mol. The first-order chi connectivity index (χ1) is 8.72. The van der Waals surface area contributed by atoms with Crippen LogP contribution in [0.1, 0.15) is 17.4 Å². The Labute approximate surface area is 115 Å². The van der Waals surface area contributed by atoms with Crippen LogP contribution < -0.4 is 5.73 Å². The van der Waals surface area contributed by atoms with Gasteiger partial charge in [0.05, 0.1) is 5.39 Å². The molecule has 1 aliphatic heterocycles. The highest BCUT2D eigenvalue weighted by Crippen LogP contribution is 2.37. The van der Waals surface area contributed by atoms with Crippen molar-refractivity contribution in [3.8, 4) is 0 Å². The molecule has 96 valence electrons. The number of aromatic nitrogens is 2. The third-order valence-electron chi connectivity index (χ3n) is 3.42. The minimum atomic E-state index is 0.645. The quantitative estimate of drug-likeness (QED) is 0.676. The Morgan fingerprint density at radius 1 is 1.44 bits per heavy atom. The number of anilines is 1. The molecule has 6 heteroatoms. The molecule has 0 saturated heterocycles. The predicted octanol–water partition coefficient (Wildman–Crippen LogP) is 2.37. The Balaban J connectivity index is 2.15. The Morgan fingerprint density at radius 2 is 2.28 bits per heavy atom. The average molecular weight is 280 g/mol. The first-order valence-corrected chi connectivity index (χ1v) is 8.11. The van der Waals surface area contributed by atoms with E-state index in [0.717, 1.165) is 41.4 Å². The van der Waals surface area contributed by atoms with Gasteiger partial charge >= 0.3 is 0 Å². The number of thioether (sulfide) groups is 1. The Morgan fingerprint density at radius 3 is 3.00 bits per heavy atom. The maximum atomic E-state index is 6.10. The highest BCUT2D eigenvalue weighted by molar-refractivity contribution is 7.98. The van der Waals surface area contributed by atoms with Gasteiger partial charge in [-0.3, -0.25) is 4.90 Å². The Kier molecular flexibility index (Phi) is 3.17. The van der Waals surface area contributed by atoms with Gasteiger partial charge in [-0.05, 0) is 24.8 Å². The van der Waals surface area contributed by atoms with Crippen LogP contribution in [0.2, 0.25) is 0 Å². The maximum absolute atomic E-state index is 6.10. The van der Waals surface area contributed by atoms with Gasteiger partial charge in [-0.2, -0.15) is 0 Å². The third-order valence-corrected chi connectivity index (χ3v) is 5.07. The standard InChI is InChI=1S/C12H16N4S2/c1-3-16-5-4-7-8(6-16)18-11-9(7)10(13)14-12(15-11)17-2/h3-6H2,1-2H3,(H2,13,14,15). The number of fused-ring (bicyclic) bond motifs is 3. The molecule has 0 fully saturated rings. The van der Waals surface area contributed by atoms with Gasteiger partial charge in [0.15, 0.2) is 5.16 Å². The summed E-state index contributed by atoms with van der Waals surface area (Å²) in [4.78, 5) is 13.9. The fourth-order valence-corrected chi connectivity index (χ4v) is 4.12. The summed E-state index contributed by atoms with van der Waals surface area (Å²) in [6.07, 6.45) is 3.04. The summed E-state index contributed by atoms with van der Waals surface area (Å²) in [7, 11) is 0. The van der Waals surface area contributed by atoms with Crippen molar-refractivity contribution >= 4 is 39.1 Å². The number of rotatable bonds is 2. The number of nitrogens with two attached hydrogens (primary N) is 1. The second-order valence-corrected chi connectivity index (χ2v) is 6.26. The van der Waals surface area contributed by atoms with Crippen LogP contribution in [0.3, 0.4) is 0 Å². The number of hydrogen-bond acceptors (Lipinski definition) is 6. The lowest BCUT2D eigenvalue weighted by molar-refractivity contribution is 0.272. The zero-order valence-electron chi connectivity index (χ0n) is 10.6.